The molecule has 8 aromatic heterocycles. The van der Waals surface area contributed by atoms with Crippen molar-refractivity contribution >= 4 is 93.4 Å². The minimum absolute atomic E-state index is 0.0170. The molecule has 6 aliphatic heterocycles. The lowest BCUT2D eigenvalue weighted by molar-refractivity contribution is 0.0781. The SMILES string of the molecule is CC[C@@H]1c2nncn2-c2cnc(Nc3ccc(C(=O)N4CC[C@H](F)C4)cc3OC)nc2N1C1CCCC1.CC[C@@H]1c2nncn2-c2cnc(Nc3ccc(C(=O)NC4CC4)cc3)nc2N1C1CCCC1.CC[C@@H]1c2nncn2-c2cnc(Nc3ccc(C(=O)NC4CCCC4)cc3OC)nc2N1C1CCCC1.CC[C@@H]1c2nncn2-c2cnc(Nc3ccc(C(=O)N[C@@H]4CCOC4)cc3OC)nc2N1C1CCCC1. The van der Waals surface area contributed by atoms with Crippen molar-refractivity contribution in [3.05, 3.63) is 175 Å². The number of carbonyl (C=O) groups excluding carboxylic acids is 4. The summed E-state index contributed by atoms with van der Waals surface area (Å²) >= 11 is 0. The molecule has 40 nitrogen and oxygen atoms in total. The molecule has 752 valence electrons. The maximum absolute atomic E-state index is 13.6. The molecular formula is C103H125FN32O8. The Labute approximate surface area is 834 Å². The van der Waals surface area contributed by atoms with E-state index in [9.17, 15) is 23.6 Å². The van der Waals surface area contributed by atoms with Crippen molar-refractivity contribution in [1.82, 2.24) is 120 Å². The zero-order valence-corrected chi connectivity index (χ0v) is 82.5. The number of nitrogens with zero attached hydrogens (tertiary/aromatic N) is 25. The van der Waals surface area contributed by atoms with Crippen molar-refractivity contribution in [2.45, 2.75) is 280 Å². The monoisotopic (exact) mass is 1960 g/mol. The molecule has 6 atom stereocenters. The third kappa shape index (κ3) is 19.6. The van der Waals surface area contributed by atoms with Crippen LogP contribution in [-0.4, -0.2) is 224 Å². The number of likely N-dealkylation sites (tertiary alicyclic amines) is 1. The van der Waals surface area contributed by atoms with Crippen LogP contribution in [0.15, 0.2) is 129 Å². The molecule has 0 radical (unpaired) electrons. The van der Waals surface area contributed by atoms with Crippen molar-refractivity contribution in [1.29, 1.82) is 0 Å². The number of benzene rings is 4. The molecule has 6 aliphatic carbocycles. The number of nitrogens with one attached hydrogen (secondary N) is 7. The first-order chi connectivity index (χ1) is 70.6. The molecule has 0 bridgehead atoms. The molecule has 144 heavy (non-hydrogen) atoms. The average molecular weight is 1960 g/mol. The summed E-state index contributed by atoms with van der Waals surface area (Å²) in [6.07, 6.45) is 43.8. The Morgan fingerprint density at radius 3 is 1.02 bits per heavy atom. The van der Waals surface area contributed by atoms with Gasteiger partial charge in [-0.25, -0.2) is 24.3 Å². The van der Waals surface area contributed by atoms with Crippen LogP contribution < -0.4 is 71.0 Å². The normalized spacial score (nSPS) is 20.4. The zero-order valence-electron chi connectivity index (χ0n) is 82.5. The first-order valence-electron chi connectivity index (χ1n) is 51.5. The van der Waals surface area contributed by atoms with Gasteiger partial charge in [-0.15, -0.1) is 40.8 Å². The molecule has 4 aromatic carbocycles. The van der Waals surface area contributed by atoms with Crippen LogP contribution in [-0.2, 0) is 4.74 Å². The van der Waals surface area contributed by atoms with Gasteiger partial charge in [0, 0.05) is 77.3 Å². The lowest BCUT2D eigenvalue weighted by atomic mass is 10.0. The van der Waals surface area contributed by atoms with Gasteiger partial charge in [-0.3, -0.25) is 37.4 Å². The second kappa shape index (κ2) is 42.5. The van der Waals surface area contributed by atoms with Gasteiger partial charge in [0.05, 0.1) is 107 Å². The highest BCUT2D eigenvalue weighted by atomic mass is 19.1. The van der Waals surface area contributed by atoms with Crippen molar-refractivity contribution in [2.24, 2.45) is 0 Å². The quantitative estimate of drug-likeness (QED) is 0.0265. The lowest BCUT2D eigenvalue weighted by Crippen LogP contribution is -2.42. The predicted octanol–water partition coefficient (Wildman–Crippen LogP) is 16.4. The average Bonchev–Trinajstić information content (AvgIpc) is 1.46. The number of anilines is 12. The standard InChI is InChI=1S/C27H34N8O2.C26H31FN8O2.C26H32N8O3.C24H28N8O/c1-3-21-25-33-29-16-34(25)22-15-28-27(32-24(22)35(21)19-10-6-7-11-19)31-20-13-12-17(14-23(20)37-2)26(36)30-18-8-4-5-9-18;1-3-20-24-32-29-15-34(24)21-13-28-26(31-23(21)35(20)18-6-4-5-7-18)30-19-9-8-16(12-22(19)37-2)25(36)33-11-10-17(27)14-33;1-3-20-24-32-28-15-33(24)21-13-27-26(31-23(21)34(20)18-6-4-5-7-18)30-19-9-8-16(12-22(19)36-2)25(35)29-17-10-11-37-14-17;1-2-19-22-30-26-14-31(22)20-13-25-24(29-21(20)32(19)18-5-3-4-6-18)28-17-9-7-15(8-10-17)23(33)27-16-11-12-16/h12-16,18-19,21H,3-11H2,1-2H3,(H,30,36)(H,28,31,32);8-9,12-13,15,17-18,20H,3-7,10-11,14H2,1-2H3,(H,28,30,31);8-9,12-13,15,17-18,20H,3-7,10-11,14H2,1-2H3,(H,29,35)(H,27,30,31);7-10,13-14,16,18-19H,2-6,11-12H2,1H3,(H,27,33)(H,25,28,29)/t21-;17-,20+;17-,20-;19-/m1011/s1. The van der Waals surface area contributed by atoms with E-state index in [4.69, 9.17) is 38.9 Å². The highest BCUT2D eigenvalue weighted by Gasteiger charge is 2.45. The van der Waals surface area contributed by atoms with E-state index in [1.165, 1.54) is 77.0 Å². The number of aromatic nitrogens is 20. The third-order valence-electron chi connectivity index (χ3n) is 30.1. The molecule has 0 unspecified atom stereocenters. The molecule has 7 N–H and O–H groups in total. The molecule has 24 rings (SSSR count). The number of hydrogen-bond acceptors (Lipinski definition) is 32. The molecule has 12 aromatic rings. The van der Waals surface area contributed by atoms with Crippen LogP contribution in [0.5, 0.6) is 17.2 Å². The van der Waals surface area contributed by atoms with E-state index in [-0.39, 0.29) is 66.4 Å². The lowest BCUT2D eigenvalue weighted by Gasteiger charge is -2.40. The molecule has 0 spiro atoms. The first kappa shape index (κ1) is 95.5. The molecule has 8 fully saturated rings. The van der Waals surface area contributed by atoms with Crippen molar-refractivity contribution < 1.29 is 42.5 Å². The van der Waals surface area contributed by atoms with Crippen LogP contribution in [0.1, 0.15) is 296 Å². The maximum Gasteiger partial charge on any atom is 0.254 e. The van der Waals surface area contributed by atoms with Gasteiger partial charge < -0.3 is 80.7 Å². The number of fused-ring (bicyclic) bond motifs is 12. The molecule has 14 heterocycles. The van der Waals surface area contributed by atoms with E-state index in [1.54, 1.807) is 94.1 Å². The van der Waals surface area contributed by atoms with Gasteiger partial charge in [-0.2, -0.15) is 19.9 Å². The van der Waals surface area contributed by atoms with Gasteiger partial charge in [0.15, 0.2) is 46.6 Å². The number of rotatable bonds is 26. The minimum atomic E-state index is -0.960. The van der Waals surface area contributed by atoms with Crippen molar-refractivity contribution in [2.75, 3.05) is 88.5 Å². The molecule has 12 aliphatic rings. The number of amides is 4. The fourth-order valence-electron chi connectivity index (χ4n) is 22.6. The topological polar surface area (TPSA) is 432 Å². The molecular weight excluding hydrogens is 1830 g/mol. The molecule has 41 heteroatoms. The van der Waals surface area contributed by atoms with Crippen molar-refractivity contribution in [3.8, 4) is 40.0 Å². The van der Waals surface area contributed by atoms with E-state index in [0.29, 0.717) is 137 Å². The highest BCUT2D eigenvalue weighted by molar-refractivity contribution is 5.98. The summed E-state index contributed by atoms with van der Waals surface area (Å²) < 4.78 is 43.8. The number of ether oxygens (including phenoxy) is 4. The molecule has 2 saturated heterocycles. The minimum Gasteiger partial charge on any atom is -0.495 e. The number of carbonyl (C=O) groups is 4. The second-order valence-corrected chi connectivity index (χ2v) is 39.1. The van der Waals surface area contributed by atoms with Crippen LogP contribution >= 0.6 is 0 Å². The zero-order chi connectivity index (χ0) is 98.6. The number of methoxy groups -OCH3 is 3. The van der Waals surface area contributed by atoms with E-state index in [1.807, 2.05) is 79.3 Å². The summed E-state index contributed by atoms with van der Waals surface area (Å²) in [6.45, 7) is 10.5. The Kier molecular flexibility index (Phi) is 28.2. The summed E-state index contributed by atoms with van der Waals surface area (Å²) in [6, 6.07) is 26.2. The van der Waals surface area contributed by atoms with Gasteiger partial charge in [-0.1, -0.05) is 91.9 Å². The first-order valence-corrected chi connectivity index (χ1v) is 51.5. The van der Waals surface area contributed by atoms with Crippen LogP contribution in [0.25, 0.3) is 22.7 Å². The Balaban J connectivity index is 0.000000113. The summed E-state index contributed by atoms with van der Waals surface area (Å²) in [4.78, 5) is 100. The fourth-order valence-corrected chi connectivity index (χ4v) is 22.6. The Morgan fingerprint density at radius 1 is 0.375 bits per heavy atom. The van der Waals surface area contributed by atoms with Gasteiger partial charge in [0.2, 0.25) is 23.8 Å². The summed E-state index contributed by atoms with van der Waals surface area (Å²) in [7, 11) is 4.74. The number of alkyl halides is 1. The van der Waals surface area contributed by atoms with Crippen LogP contribution in [0.3, 0.4) is 0 Å². The Hall–Kier alpha value is -14.7. The summed E-state index contributed by atoms with van der Waals surface area (Å²) in [5, 5.41) is 56.9. The van der Waals surface area contributed by atoms with Gasteiger partial charge >= 0.3 is 0 Å². The van der Waals surface area contributed by atoms with E-state index >= 15 is 0 Å². The van der Waals surface area contributed by atoms with E-state index in [2.05, 4.69) is 145 Å². The van der Waals surface area contributed by atoms with Gasteiger partial charge in [0.1, 0.15) is 71.5 Å². The highest BCUT2D eigenvalue weighted by Crippen LogP contribution is 2.50. The van der Waals surface area contributed by atoms with E-state index < -0.39 is 6.17 Å². The second-order valence-electron chi connectivity index (χ2n) is 39.1. The van der Waals surface area contributed by atoms with Crippen LogP contribution in [0.2, 0.25) is 0 Å². The molecule has 6 saturated carbocycles. The van der Waals surface area contributed by atoms with Gasteiger partial charge in [-0.05, 0) is 194 Å². The van der Waals surface area contributed by atoms with E-state index in [0.717, 1.165) is 171 Å². The Morgan fingerprint density at radius 2 is 0.694 bits per heavy atom. The maximum atomic E-state index is 13.6. The third-order valence-corrected chi connectivity index (χ3v) is 30.1. The van der Waals surface area contributed by atoms with Gasteiger partial charge in [0.25, 0.3) is 23.6 Å². The smallest absolute Gasteiger partial charge is 0.254 e. The van der Waals surface area contributed by atoms with Crippen LogP contribution in [0.4, 0.5) is 74.2 Å². The Bertz CT molecular complexity index is 6400. The number of hydrogen-bond donors (Lipinski definition) is 7. The summed E-state index contributed by atoms with van der Waals surface area (Å²) in [5.74, 6) is 10.4. The largest absolute Gasteiger partial charge is 0.495 e. The van der Waals surface area contributed by atoms with Crippen molar-refractivity contribution in [3.63, 3.8) is 0 Å². The number of halogens is 1. The fraction of sp³-hybridized carbons (Fsp3) is 0.495. The van der Waals surface area contributed by atoms with Crippen LogP contribution in [0, 0.1) is 0 Å². The summed E-state index contributed by atoms with van der Waals surface area (Å²) in [5.41, 5.74) is 8.68. The molecule has 4 amide bonds. The predicted molar refractivity (Wildman–Crippen MR) is 540 cm³/mol.